The lowest BCUT2D eigenvalue weighted by Gasteiger charge is -2.40. The Kier molecular flexibility index (Phi) is 6.35. The zero-order valence-corrected chi connectivity index (χ0v) is 20.6. The molecule has 0 aliphatic carbocycles. The summed E-state index contributed by atoms with van der Waals surface area (Å²) in [6.07, 6.45) is 4.43. The summed E-state index contributed by atoms with van der Waals surface area (Å²) in [6, 6.07) is 3.27. The second-order valence-electron chi connectivity index (χ2n) is 9.19. The van der Waals surface area contributed by atoms with Gasteiger partial charge >= 0.3 is 6.09 Å². The third-order valence-corrected chi connectivity index (χ3v) is 5.78. The highest BCUT2D eigenvalue weighted by atomic mass is 35.5. The number of hydrogen-bond acceptors (Lipinski definition) is 7. The highest BCUT2D eigenvalue weighted by Crippen LogP contribution is 2.32. The molecule has 34 heavy (non-hydrogen) atoms. The Hall–Kier alpha value is -3.40. The molecule has 1 aliphatic heterocycles. The van der Waals surface area contributed by atoms with Gasteiger partial charge in [0, 0.05) is 56.2 Å². The number of pyridine rings is 1. The Morgan fingerprint density at radius 1 is 1.21 bits per heavy atom. The van der Waals surface area contributed by atoms with Crippen LogP contribution < -0.4 is 10.2 Å². The van der Waals surface area contributed by atoms with Crippen LogP contribution in [0.1, 0.15) is 38.1 Å². The number of rotatable bonds is 3. The quantitative estimate of drug-likeness (QED) is 0.606. The number of fused-ring (bicyclic) bond motifs is 1. The summed E-state index contributed by atoms with van der Waals surface area (Å²) in [7, 11) is 1.58. The Balaban J connectivity index is 1.73. The maximum absolute atomic E-state index is 12.8. The second kappa shape index (κ2) is 9.09. The van der Waals surface area contributed by atoms with E-state index < -0.39 is 5.60 Å². The predicted molar refractivity (Wildman–Crippen MR) is 130 cm³/mol. The van der Waals surface area contributed by atoms with E-state index in [4.69, 9.17) is 16.3 Å². The minimum atomic E-state index is -0.563. The van der Waals surface area contributed by atoms with Crippen molar-refractivity contribution in [2.24, 2.45) is 0 Å². The average molecular weight is 486 g/mol. The van der Waals surface area contributed by atoms with Crippen LogP contribution in [0.25, 0.3) is 16.9 Å². The first-order valence-corrected chi connectivity index (χ1v) is 11.4. The number of aromatic nitrogens is 4. The zero-order chi connectivity index (χ0) is 24.6. The van der Waals surface area contributed by atoms with Crippen molar-refractivity contribution < 1.29 is 14.3 Å². The van der Waals surface area contributed by atoms with Crippen LogP contribution in [0.15, 0.2) is 30.9 Å². The first-order valence-electron chi connectivity index (χ1n) is 11.0. The summed E-state index contributed by atoms with van der Waals surface area (Å²) in [5, 5.41) is 3.83. The molecule has 3 aromatic heterocycles. The van der Waals surface area contributed by atoms with E-state index in [1.165, 1.54) is 6.33 Å². The van der Waals surface area contributed by atoms with Crippen LogP contribution in [0.5, 0.6) is 0 Å². The summed E-state index contributed by atoms with van der Waals surface area (Å²) in [4.78, 5) is 42.6. The van der Waals surface area contributed by atoms with Gasteiger partial charge in [0.1, 0.15) is 23.6 Å². The van der Waals surface area contributed by atoms with Gasteiger partial charge in [-0.15, -0.1) is 0 Å². The van der Waals surface area contributed by atoms with E-state index in [9.17, 15) is 9.59 Å². The number of anilines is 1. The summed E-state index contributed by atoms with van der Waals surface area (Å²) in [6.45, 7) is 9.04. The van der Waals surface area contributed by atoms with Gasteiger partial charge < -0.3 is 19.9 Å². The molecular formula is C23H28ClN7O3. The molecule has 4 rings (SSSR count). The molecule has 2 amide bonds. The molecule has 1 fully saturated rings. The molecule has 1 atom stereocenters. The minimum Gasteiger partial charge on any atom is -0.444 e. The zero-order valence-electron chi connectivity index (χ0n) is 19.9. The van der Waals surface area contributed by atoms with Gasteiger partial charge in [-0.25, -0.2) is 19.7 Å². The van der Waals surface area contributed by atoms with Gasteiger partial charge in [0.15, 0.2) is 5.65 Å². The van der Waals surface area contributed by atoms with Crippen molar-refractivity contribution in [3.05, 3.63) is 41.4 Å². The fourth-order valence-corrected chi connectivity index (χ4v) is 4.19. The second-order valence-corrected chi connectivity index (χ2v) is 9.63. The molecule has 11 heteroatoms. The number of carbonyl (C=O) groups is 2. The van der Waals surface area contributed by atoms with Crippen LogP contribution in [0.4, 0.5) is 10.6 Å². The van der Waals surface area contributed by atoms with Gasteiger partial charge in [-0.05, 0) is 33.8 Å². The van der Waals surface area contributed by atoms with Crippen LogP contribution in [0.2, 0.25) is 5.02 Å². The van der Waals surface area contributed by atoms with Gasteiger partial charge in [0.05, 0.1) is 10.9 Å². The van der Waals surface area contributed by atoms with Crippen molar-refractivity contribution in [1.82, 2.24) is 29.7 Å². The van der Waals surface area contributed by atoms with Crippen molar-refractivity contribution in [2.75, 3.05) is 31.6 Å². The SMILES string of the molecule is CNC(=O)c1cn(-c2cc(Cl)ccn2)c2ncnc(N3CCN(C(=O)OC(C)(C)C)[C@H](C)C3)c12. The van der Waals surface area contributed by atoms with Crippen molar-refractivity contribution >= 4 is 40.5 Å². The van der Waals surface area contributed by atoms with E-state index in [1.54, 1.807) is 41.0 Å². The Morgan fingerprint density at radius 3 is 2.62 bits per heavy atom. The van der Waals surface area contributed by atoms with E-state index in [0.29, 0.717) is 52.9 Å². The van der Waals surface area contributed by atoms with Crippen LogP contribution in [0, 0.1) is 0 Å². The van der Waals surface area contributed by atoms with Gasteiger partial charge in [0.2, 0.25) is 0 Å². The summed E-state index contributed by atoms with van der Waals surface area (Å²) < 4.78 is 7.29. The molecule has 10 nitrogen and oxygen atoms in total. The van der Waals surface area contributed by atoms with Crippen LogP contribution in [-0.2, 0) is 4.74 Å². The average Bonchev–Trinajstić information content (AvgIpc) is 3.17. The number of ether oxygens (including phenoxy) is 1. The van der Waals surface area contributed by atoms with E-state index in [2.05, 4.69) is 25.2 Å². The van der Waals surface area contributed by atoms with Crippen LogP contribution in [0.3, 0.4) is 0 Å². The molecule has 1 N–H and O–H groups in total. The number of carbonyl (C=O) groups excluding carboxylic acids is 2. The first-order chi connectivity index (χ1) is 16.1. The van der Waals surface area contributed by atoms with Crippen LogP contribution >= 0.6 is 11.6 Å². The summed E-state index contributed by atoms with van der Waals surface area (Å²) >= 11 is 6.17. The predicted octanol–water partition coefficient (Wildman–Crippen LogP) is 3.27. The normalized spacial score (nSPS) is 16.6. The molecule has 0 radical (unpaired) electrons. The lowest BCUT2D eigenvalue weighted by Crippen LogP contribution is -2.55. The third kappa shape index (κ3) is 4.63. The number of amides is 2. The maximum atomic E-state index is 12.8. The molecule has 0 spiro atoms. The fraction of sp³-hybridized carbons (Fsp3) is 0.435. The third-order valence-electron chi connectivity index (χ3n) is 5.54. The van der Waals surface area contributed by atoms with Gasteiger partial charge in [-0.3, -0.25) is 9.36 Å². The van der Waals surface area contributed by atoms with Crippen LogP contribution in [-0.4, -0.2) is 74.7 Å². The highest BCUT2D eigenvalue weighted by molar-refractivity contribution is 6.30. The number of nitrogens with zero attached hydrogens (tertiary/aromatic N) is 6. The van der Waals surface area contributed by atoms with Crippen molar-refractivity contribution in [3.8, 4) is 5.82 Å². The lowest BCUT2D eigenvalue weighted by atomic mass is 10.1. The topological polar surface area (TPSA) is 105 Å². The molecule has 0 bridgehead atoms. The highest BCUT2D eigenvalue weighted by Gasteiger charge is 2.33. The molecule has 0 saturated carbocycles. The molecule has 4 heterocycles. The molecule has 1 saturated heterocycles. The Morgan fingerprint density at radius 2 is 1.97 bits per heavy atom. The first kappa shape index (κ1) is 23.7. The number of piperazine rings is 1. The summed E-state index contributed by atoms with van der Waals surface area (Å²) in [5.74, 6) is 0.905. The Bertz CT molecular complexity index is 1240. The lowest BCUT2D eigenvalue weighted by molar-refractivity contribution is 0.0158. The van der Waals surface area contributed by atoms with E-state index >= 15 is 0 Å². The molecule has 3 aromatic rings. The maximum Gasteiger partial charge on any atom is 0.410 e. The van der Waals surface area contributed by atoms with Crippen molar-refractivity contribution in [2.45, 2.75) is 39.3 Å². The van der Waals surface area contributed by atoms with E-state index in [-0.39, 0.29) is 18.0 Å². The summed E-state index contributed by atoms with van der Waals surface area (Å²) in [5.41, 5.74) is 0.407. The van der Waals surface area contributed by atoms with Gasteiger partial charge in [-0.2, -0.15) is 0 Å². The van der Waals surface area contributed by atoms with E-state index in [0.717, 1.165) is 0 Å². The number of nitrogens with one attached hydrogen (secondary N) is 1. The van der Waals surface area contributed by atoms with Crippen molar-refractivity contribution in [3.63, 3.8) is 0 Å². The standard InChI is InChI=1S/C23H28ClN7O3/c1-14-11-29(8-9-30(14)22(33)34-23(2,3)4)19-18-16(21(32)25-5)12-31(20(18)28-13-27-19)17-10-15(24)6-7-26-17/h6-7,10,12-14H,8-9,11H2,1-5H3,(H,25,32)/t14-/m1/s1. The number of hydrogen-bond donors (Lipinski definition) is 1. The van der Waals surface area contributed by atoms with Gasteiger partial charge in [-0.1, -0.05) is 11.6 Å². The minimum absolute atomic E-state index is 0.117. The smallest absolute Gasteiger partial charge is 0.410 e. The van der Waals surface area contributed by atoms with Gasteiger partial charge in [0.25, 0.3) is 5.91 Å². The number of halogens is 1. The largest absolute Gasteiger partial charge is 0.444 e. The monoisotopic (exact) mass is 485 g/mol. The van der Waals surface area contributed by atoms with Crippen molar-refractivity contribution in [1.29, 1.82) is 0 Å². The molecule has 0 aromatic carbocycles. The molecule has 180 valence electrons. The fourth-order valence-electron chi connectivity index (χ4n) is 4.03. The molecule has 1 aliphatic rings. The molecule has 0 unspecified atom stereocenters. The van der Waals surface area contributed by atoms with E-state index in [1.807, 2.05) is 27.7 Å². The Labute approximate surface area is 202 Å². The molecular weight excluding hydrogens is 458 g/mol.